The van der Waals surface area contributed by atoms with E-state index in [1.165, 1.54) is 0 Å². The molecule has 0 saturated heterocycles. The van der Waals surface area contributed by atoms with E-state index in [0.29, 0.717) is 5.69 Å². The van der Waals surface area contributed by atoms with E-state index in [1.54, 1.807) is 6.07 Å². The molecule has 1 aromatic carbocycles. The topological polar surface area (TPSA) is 48.8 Å². The van der Waals surface area contributed by atoms with Crippen LogP contribution in [0.5, 0.6) is 0 Å². The molecule has 1 aromatic rings. The molecule has 0 amide bonds. The molecule has 0 aromatic heterocycles. The van der Waals surface area contributed by atoms with E-state index in [4.69, 9.17) is 5.53 Å². The second-order valence-corrected chi connectivity index (χ2v) is 3.84. The average molecular weight is 291 g/mol. The van der Waals surface area contributed by atoms with Crippen molar-refractivity contribution >= 4 is 37.5 Å². The molecule has 0 atom stereocenters. The van der Waals surface area contributed by atoms with E-state index in [9.17, 15) is 0 Å². The third-order valence-electron chi connectivity index (χ3n) is 1.45. The third kappa shape index (κ3) is 1.80. The fourth-order valence-corrected chi connectivity index (χ4v) is 1.79. The zero-order valence-electron chi connectivity index (χ0n) is 6.25. The molecule has 0 radical (unpaired) electrons. The Morgan fingerprint density at radius 2 is 2.08 bits per heavy atom. The van der Waals surface area contributed by atoms with Crippen molar-refractivity contribution in [1.29, 1.82) is 0 Å². The lowest BCUT2D eigenvalue weighted by Gasteiger charge is -2.03. The van der Waals surface area contributed by atoms with Gasteiger partial charge in [-0.1, -0.05) is 43.0 Å². The Bertz CT molecular complexity index is 356. The minimum Gasteiger partial charge on any atom is -0.0596 e. The summed E-state index contributed by atoms with van der Waals surface area (Å²) in [6.07, 6.45) is 0. The van der Waals surface area contributed by atoms with Crippen LogP contribution in [-0.2, 0) is 0 Å². The Balaban J connectivity index is 3.35. The van der Waals surface area contributed by atoms with Crippen LogP contribution in [0.25, 0.3) is 10.4 Å². The van der Waals surface area contributed by atoms with E-state index < -0.39 is 0 Å². The molecule has 0 bridgehead atoms. The number of hydrogen-bond acceptors (Lipinski definition) is 1. The summed E-state index contributed by atoms with van der Waals surface area (Å²) in [5.41, 5.74) is 9.87. The van der Waals surface area contributed by atoms with Crippen LogP contribution in [-0.4, -0.2) is 0 Å². The summed E-state index contributed by atoms with van der Waals surface area (Å²) in [6.45, 7) is 1.94. The van der Waals surface area contributed by atoms with Gasteiger partial charge >= 0.3 is 0 Å². The average Bonchev–Trinajstić information content (AvgIpc) is 2.07. The van der Waals surface area contributed by atoms with Crippen molar-refractivity contribution in [2.75, 3.05) is 0 Å². The number of benzene rings is 1. The molecule has 0 aliphatic carbocycles. The SMILES string of the molecule is Cc1c(Br)ccc(N=[N+]=[N-])c1Br. The molecule has 12 heavy (non-hydrogen) atoms. The van der Waals surface area contributed by atoms with Crippen molar-refractivity contribution in [1.82, 2.24) is 0 Å². The largest absolute Gasteiger partial charge is 0.0596 e. The van der Waals surface area contributed by atoms with Crippen LogP contribution in [0, 0.1) is 6.92 Å². The zero-order valence-corrected chi connectivity index (χ0v) is 9.42. The molecule has 0 unspecified atom stereocenters. The molecule has 0 N–H and O–H groups in total. The van der Waals surface area contributed by atoms with Crippen molar-refractivity contribution < 1.29 is 0 Å². The number of hydrogen-bond donors (Lipinski definition) is 0. The first-order valence-electron chi connectivity index (χ1n) is 3.16. The Labute approximate surface area is 86.7 Å². The highest BCUT2D eigenvalue weighted by molar-refractivity contribution is 9.11. The van der Waals surface area contributed by atoms with Gasteiger partial charge in [-0.3, -0.25) is 0 Å². The second kappa shape index (κ2) is 3.94. The standard InChI is InChI=1S/C7H5Br2N3/c1-4-5(8)2-3-6(7(4)9)11-12-10/h2-3H,1H3. The normalized spacial score (nSPS) is 9.25. The van der Waals surface area contributed by atoms with Crippen LogP contribution in [0.2, 0.25) is 0 Å². The van der Waals surface area contributed by atoms with E-state index in [2.05, 4.69) is 41.9 Å². The zero-order chi connectivity index (χ0) is 9.14. The monoisotopic (exact) mass is 289 g/mol. The number of nitrogens with zero attached hydrogens (tertiary/aromatic N) is 3. The highest BCUT2D eigenvalue weighted by Gasteiger charge is 2.03. The molecule has 1 rings (SSSR count). The lowest BCUT2D eigenvalue weighted by atomic mass is 10.2. The van der Waals surface area contributed by atoms with Gasteiger partial charge in [0.25, 0.3) is 0 Å². The van der Waals surface area contributed by atoms with Crippen LogP contribution in [0.15, 0.2) is 26.2 Å². The maximum atomic E-state index is 8.23. The van der Waals surface area contributed by atoms with Crippen molar-refractivity contribution in [2.45, 2.75) is 6.92 Å². The Morgan fingerprint density at radius 3 is 2.67 bits per heavy atom. The fourth-order valence-electron chi connectivity index (χ4n) is 0.773. The summed E-state index contributed by atoms with van der Waals surface area (Å²) < 4.78 is 1.82. The van der Waals surface area contributed by atoms with Crippen LogP contribution < -0.4 is 0 Å². The van der Waals surface area contributed by atoms with Crippen LogP contribution >= 0.6 is 31.9 Å². The van der Waals surface area contributed by atoms with Gasteiger partial charge in [0, 0.05) is 13.9 Å². The van der Waals surface area contributed by atoms with E-state index in [-0.39, 0.29) is 0 Å². The quantitative estimate of drug-likeness (QED) is 0.416. The molecule has 5 heteroatoms. The molecule has 0 saturated carbocycles. The molecule has 62 valence electrons. The fraction of sp³-hybridized carbons (Fsp3) is 0.143. The van der Waals surface area contributed by atoms with E-state index in [0.717, 1.165) is 14.5 Å². The third-order valence-corrected chi connectivity index (χ3v) is 3.31. The highest BCUT2D eigenvalue weighted by atomic mass is 79.9. The molecule has 3 nitrogen and oxygen atoms in total. The first kappa shape index (κ1) is 9.58. The molecule has 0 aliphatic heterocycles. The van der Waals surface area contributed by atoms with Crippen molar-refractivity contribution in [3.8, 4) is 0 Å². The van der Waals surface area contributed by atoms with Gasteiger partial charge in [-0.05, 0) is 24.1 Å². The van der Waals surface area contributed by atoms with Gasteiger partial charge in [-0.15, -0.1) is 0 Å². The van der Waals surface area contributed by atoms with Gasteiger partial charge < -0.3 is 0 Å². The number of rotatable bonds is 1. The predicted molar refractivity (Wildman–Crippen MR) is 55.4 cm³/mol. The van der Waals surface area contributed by atoms with Crippen molar-refractivity contribution in [3.05, 3.63) is 37.1 Å². The summed E-state index contributed by atoms with van der Waals surface area (Å²) in [4.78, 5) is 2.72. The lowest BCUT2D eigenvalue weighted by Crippen LogP contribution is -1.77. The maximum absolute atomic E-state index is 8.23. The van der Waals surface area contributed by atoms with Gasteiger partial charge in [0.1, 0.15) is 0 Å². The van der Waals surface area contributed by atoms with Crippen LogP contribution in [0.3, 0.4) is 0 Å². The van der Waals surface area contributed by atoms with Crippen LogP contribution in [0.4, 0.5) is 5.69 Å². The molecule has 0 fully saturated rings. The Morgan fingerprint density at radius 1 is 1.42 bits per heavy atom. The summed E-state index contributed by atoms with van der Waals surface area (Å²) >= 11 is 6.70. The molecule has 0 spiro atoms. The van der Waals surface area contributed by atoms with Crippen LogP contribution in [0.1, 0.15) is 5.56 Å². The van der Waals surface area contributed by atoms with E-state index >= 15 is 0 Å². The molecular formula is C7H5Br2N3. The van der Waals surface area contributed by atoms with Crippen molar-refractivity contribution in [2.24, 2.45) is 5.11 Å². The van der Waals surface area contributed by atoms with E-state index in [1.807, 2.05) is 13.0 Å². The molecule has 0 heterocycles. The summed E-state index contributed by atoms with van der Waals surface area (Å²) in [7, 11) is 0. The maximum Gasteiger partial charge on any atom is 0.0520 e. The van der Waals surface area contributed by atoms with Crippen molar-refractivity contribution in [3.63, 3.8) is 0 Å². The Hall–Kier alpha value is -0.510. The molecular weight excluding hydrogens is 286 g/mol. The van der Waals surface area contributed by atoms with Gasteiger partial charge in [0.15, 0.2) is 0 Å². The predicted octanol–water partition coefficient (Wildman–Crippen LogP) is 4.46. The first-order valence-corrected chi connectivity index (χ1v) is 4.75. The minimum absolute atomic E-state index is 0.609. The molecule has 0 aliphatic rings. The van der Waals surface area contributed by atoms with Gasteiger partial charge in [-0.25, -0.2) is 0 Å². The smallest absolute Gasteiger partial charge is 0.0520 e. The van der Waals surface area contributed by atoms with Gasteiger partial charge in [0.05, 0.1) is 5.69 Å². The summed E-state index contributed by atoms with van der Waals surface area (Å²) in [5.74, 6) is 0. The second-order valence-electron chi connectivity index (χ2n) is 2.19. The minimum atomic E-state index is 0.609. The first-order chi connectivity index (χ1) is 5.66. The highest BCUT2D eigenvalue weighted by Crippen LogP contribution is 2.33. The number of halogens is 2. The summed E-state index contributed by atoms with van der Waals surface area (Å²) in [6, 6.07) is 3.60. The number of azide groups is 1. The van der Waals surface area contributed by atoms with Gasteiger partial charge in [0.2, 0.25) is 0 Å². The summed E-state index contributed by atoms with van der Waals surface area (Å²) in [5, 5.41) is 3.52. The van der Waals surface area contributed by atoms with Gasteiger partial charge in [-0.2, -0.15) is 0 Å². The Kier molecular flexibility index (Phi) is 3.14. The lowest BCUT2D eigenvalue weighted by molar-refractivity contribution is 1.35.